The minimum Gasteiger partial charge on any atom is -0.393 e. The lowest BCUT2D eigenvalue weighted by atomic mass is 9.95. The number of hydrogen-bond acceptors (Lipinski definition) is 3. The molecule has 16 heavy (non-hydrogen) atoms. The van der Waals surface area contributed by atoms with Crippen molar-refractivity contribution in [3.05, 3.63) is 0 Å². The van der Waals surface area contributed by atoms with Crippen LogP contribution in [0.15, 0.2) is 0 Å². The van der Waals surface area contributed by atoms with Crippen molar-refractivity contribution in [1.82, 2.24) is 5.32 Å². The summed E-state index contributed by atoms with van der Waals surface area (Å²) >= 11 is 4.83. The Kier molecular flexibility index (Phi) is 6.64. The first-order valence-corrected chi connectivity index (χ1v) is 5.62. The van der Waals surface area contributed by atoms with Crippen LogP contribution in [0.5, 0.6) is 0 Å². The standard InChI is InChI=1S/C10H19N3O2S/c1-6(2)8(9(12)16)10(15)13-5-3-4-7(11)14/h6,8H,3-5H2,1-2H3,(H2,11,14)(H2,12,16)(H,13,15). The molecule has 0 aromatic heterocycles. The van der Waals surface area contributed by atoms with Crippen LogP contribution in [-0.4, -0.2) is 23.3 Å². The van der Waals surface area contributed by atoms with Gasteiger partial charge in [-0.3, -0.25) is 9.59 Å². The molecule has 0 heterocycles. The van der Waals surface area contributed by atoms with Gasteiger partial charge >= 0.3 is 0 Å². The molecule has 0 aliphatic heterocycles. The summed E-state index contributed by atoms with van der Waals surface area (Å²) in [5.74, 6) is -0.951. The number of amides is 2. The predicted octanol–water partition coefficient (Wildman–Crippen LogP) is -0.0736. The first kappa shape index (κ1) is 14.8. The summed E-state index contributed by atoms with van der Waals surface area (Å²) in [6, 6.07) is 0. The molecule has 2 amide bonds. The normalized spacial score (nSPS) is 12.2. The van der Waals surface area contributed by atoms with Crippen LogP contribution < -0.4 is 16.8 Å². The van der Waals surface area contributed by atoms with E-state index in [0.717, 1.165) is 0 Å². The van der Waals surface area contributed by atoms with Crippen LogP contribution in [0.2, 0.25) is 0 Å². The third-order valence-electron chi connectivity index (χ3n) is 2.15. The van der Waals surface area contributed by atoms with Crippen LogP contribution >= 0.6 is 12.2 Å². The Hall–Kier alpha value is -1.17. The highest BCUT2D eigenvalue weighted by Crippen LogP contribution is 2.11. The van der Waals surface area contributed by atoms with Gasteiger partial charge in [0.05, 0.1) is 10.9 Å². The van der Waals surface area contributed by atoms with E-state index in [-0.39, 0.29) is 29.1 Å². The first-order chi connectivity index (χ1) is 7.36. The Morgan fingerprint density at radius 1 is 1.31 bits per heavy atom. The summed E-state index contributed by atoms with van der Waals surface area (Å²) in [5.41, 5.74) is 10.5. The lowest BCUT2D eigenvalue weighted by Gasteiger charge is -2.18. The fraction of sp³-hybridized carbons (Fsp3) is 0.700. The molecule has 5 nitrogen and oxygen atoms in total. The van der Waals surface area contributed by atoms with Crippen molar-refractivity contribution < 1.29 is 9.59 Å². The average molecular weight is 245 g/mol. The number of thiocarbonyl (C=S) groups is 1. The summed E-state index contributed by atoms with van der Waals surface area (Å²) < 4.78 is 0. The van der Waals surface area contributed by atoms with E-state index in [1.165, 1.54) is 0 Å². The summed E-state index contributed by atoms with van der Waals surface area (Å²) in [6.07, 6.45) is 0.795. The number of nitrogens with one attached hydrogen (secondary N) is 1. The molecule has 0 aromatic rings. The highest BCUT2D eigenvalue weighted by Gasteiger charge is 2.24. The summed E-state index contributed by atoms with van der Waals surface area (Å²) in [7, 11) is 0. The Labute approximate surface area is 101 Å². The number of primary amides is 1. The van der Waals surface area contributed by atoms with Crippen LogP contribution in [0.4, 0.5) is 0 Å². The van der Waals surface area contributed by atoms with E-state index in [1.54, 1.807) is 0 Å². The van der Waals surface area contributed by atoms with Gasteiger partial charge in [0.2, 0.25) is 11.8 Å². The molecule has 0 aliphatic carbocycles. The third-order valence-corrected chi connectivity index (χ3v) is 2.41. The molecule has 0 fully saturated rings. The monoisotopic (exact) mass is 245 g/mol. The molecule has 0 saturated heterocycles. The molecule has 0 radical (unpaired) electrons. The van der Waals surface area contributed by atoms with Gasteiger partial charge < -0.3 is 16.8 Å². The summed E-state index contributed by atoms with van der Waals surface area (Å²) in [4.78, 5) is 22.3. The van der Waals surface area contributed by atoms with E-state index in [1.807, 2.05) is 13.8 Å². The molecule has 1 unspecified atom stereocenters. The Bertz CT molecular complexity index is 279. The van der Waals surface area contributed by atoms with Crippen LogP contribution in [0.25, 0.3) is 0 Å². The molecule has 0 saturated carbocycles. The number of rotatable bonds is 7. The van der Waals surface area contributed by atoms with E-state index >= 15 is 0 Å². The zero-order valence-corrected chi connectivity index (χ0v) is 10.5. The van der Waals surface area contributed by atoms with Crippen LogP contribution in [0.1, 0.15) is 26.7 Å². The maximum absolute atomic E-state index is 11.7. The van der Waals surface area contributed by atoms with Gasteiger partial charge in [-0.1, -0.05) is 26.1 Å². The number of nitrogens with two attached hydrogens (primary N) is 2. The maximum atomic E-state index is 11.7. The van der Waals surface area contributed by atoms with Gasteiger partial charge in [-0.25, -0.2) is 0 Å². The highest BCUT2D eigenvalue weighted by atomic mass is 32.1. The summed E-state index contributed by atoms with van der Waals surface area (Å²) in [5, 5.41) is 2.69. The van der Waals surface area contributed by atoms with Crippen molar-refractivity contribution in [3.8, 4) is 0 Å². The minimum absolute atomic E-state index is 0.0636. The molecule has 0 aromatic carbocycles. The van der Waals surface area contributed by atoms with Crippen molar-refractivity contribution in [2.75, 3.05) is 6.54 Å². The van der Waals surface area contributed by atoms with Gasteiger partial charge in [0.1, 0.15) is 0 Å². The van der Waals surface area contributed by atoms with Crippen molar-refractivity contribution in [1.29, 1.82) is 0 Å². The van der Waals surface area contributed by atoms with Gasteiger partial charge in [0.25, 0.3) is 0 Å². The van der Waals surface area contributed by atoms with Crippen molar-refractivity contribution in [3.63, 3.8) is 0 Å². The van der Waals surface area contributed by atoms with E-state index in [2.05, 4.69) is 5.32 Å². The maximum Gasteiger partial charge on any atom is 0.230 e. The molecule has 0 spiro atoms. The predicted molar refractivity (Wildman–Crippen MR) is 66.6 cm³/mol. The molecule has 6 heteroatoms. The lowest BCUT2D eigenvalue weighted by Crippen LogP contribution is -2.41. The molecule has 92 valence electrons. The second kappa shape index (κ2) is 7.16. The van der Waals surface area contributed by atoms with E-state index in [0.29, 0.717) is 13.0 Å². The number of carbonyl (C=O) groups excluding carboxylic acids is 2. The Morgan fingerprint density at radius 2 is 1.88 bits per heavy atom. The zero-order chi connectivity index (χ0) is 12.7. The highest BCUT2D eigenvalue weighted by molar-refractivity contribution is 7.80. The fourth-order valence-corrected chi connectivity index (χ4v) is 1.72. The van der Waals surface area contributed by atoms with Gasteiger partial charge in [0.15, 0.2) is 0 Å². The molecule has 0 bridgehead atoms. The molecule has 0 aliphatic rings. The number of carbonyl (C=O) groups is 2. The van der Waals surface area contributed by atoms with Gasteiger partial charge in [-0.15, -0.1) is 0 Å². The number of hydrogen-bond donors (Lipinski definition) is 3. The van der Waals surface area contributed by atoms with Crippen molar-refractivity contribution in [2.24, 2.45) is 23.3 Å². The Balaban J connectivity index is 4.03. The van der Waals surface area contributed by atoms with Crippen LogP contribution in [0, 0.1) is 11.8 Å². The smallest absolute Gasteiger partial charge is 0.230 e. The molecule has 5 N–H and O–H groups in total. The third kappa shape index (κ3) is 5.65. The van der Waals surface area contributed by atoms with E-state index in [4.69, 9.17) is 23.7 Å². The van der Waals surface area contributed by atoms with E-state index in [9.17, 15) is 9.59 Å². The lowest BCUT2D eigenvalue weighted by molar-refractivity contribution is -0.124. The Morgan fingerprint density at radius 3 is 2.25 bits per heavy atom. The molecule has 0 rings (SSSR count). The second-order valence-corrected chi connectivity index (χ2v) is 4.46. The summed E-state index contributed by atoms with van der Waals surface area (Å²) in [6.45, 7) is 4.17. The van der Waals surface area contributed by atoms with E-state index < -0.39 is 5.92 Å². The van der Waals surface area contributed by atoms with Gasteiger partial charge in [-0.05, 0) is 12.3 Å². The minimum atomic E-state index is -0.455. The zero-order valence-electron chi connectivity index (χ0n) is 9.66. The van der Waals surface area contributed by atoms with Crippen LogP contribution in [-0.2, 0) is 9.59 Å². The SMILES string of the molecule is CC(C)C(C(=O)NCCCC(N)=O)C(N)=S. The second-order valence-electron chi connectivity index (χ2n) is 3.98. The molecular formula is C10H19N3O2S. The van der Waals surface area contributed by atoms with Crippen molar-refractivity contribution >= 4 is 29.0 Å². The van der Waals surface area contributed by atoms with Crippen LogP contribution in [0.3, 0.4) is 0 Å². The largest absolute Gasteiger partial charge is 0.393 e. The van der Waals surface area contributed by atoms with Crippen molar-refractivity contribution in [2.45, 2.75) is 26.7 Å². The van der Waals surface area contributed by atoms with Gasteiger partial charge in [0, 0.05) is 13.0 Å². The molecular weight excluding hydrogens is 226 g/mol. The first-order valence-electron chi connectivity index (χ1n) is 5.21. The molecule has 1 atom stereocenters. The average Bonchev–Trinajstić information content (AvgIpc) is 2.10. The fourth-order valence-electron chi connectivity index (χ4n) is 1.34. The topological polar surface area (TPSA) is 98.2 Å². The quantitative estimate of drug-likeness (QED) is 0.432. The van der Waals surface area contributed by atoms with Gasteiger partial charge in [-0.2, -0.15) is 0 Å².